The van der Waals surface area contributed by atoms with Crippen LogP contribution in [0.4, 0.5) is 13.2 Å². The zero-order valence-corrected chi connectivity index (χ0v) is 16.6. The van der Waals surface area contributed by atoms with Crippen molar-refractivity contribution < 1.29 is 13.2 Å². The molecular formula is C23H18F3N5. The van der Waals surface area contributed by atoms with Crippen LogP contribution < -0.4 is 0 Å². The third-order valence-electron chi connectivity index (χ3n) is 5.21. The van der Waals surface area contributed by atoms with E-state index < -0.39 is 11.7 Å². The van der Waals surface area contributed by atoms with Gasteiger partial charge in [-0.25, -0.2) is 15.0 Å². The molecule has 3 heterocycles. The highest BCUT2D eigenvalue weighted by molar-refractivity contribution is 5.87. The van der Waals surface area contributed by atoms with Crippen LogP contribution in [0.25, 0.3) is 39.3 Å². The maximum absolute atomic E-state index is 13.0. The molecule has 0 saturated heterocycles. The molecule has 0 atom stereocenters. The van der Waals surface area contributed by atoms with E-state index in [1.54, 1.807) is 6.33 Å². The van der Waals surface area contributed by atoms with Gasteiger partial charge in [0, 0.05) is 18.3 Å². The Balaban J connectivity index is 1.74. The fraction of sp³-hybridized carbons (Fsp3) is 0.174. The van der Waals surface area contributed by atoms with E-state index in [0.717, 1.165) is 36.0 Å². The van der Waals surface area contributed by atoms with Gasteiger partial charge in [-0.2, -0.15) is 13.2 Å². The summed E-state index contributed by atoms with van der Waals surface area (Å²) in [5, 5.41) is 1.05. The summed E-state index contributed by atoms with van der Waals surface area (Å²) in [5.74, 6) is 0.947. The Morgan fingerprint density at radius 2 is 1.71 bits per heavy atom. The number of nitrogens with zero attached hydrogens (tertiary/aromatic N) is 5. The van der Waals surface area contributed by atoms with Gasteiger partial charge < -0.3 is 4.57 Å². The average Bonchev–Trinajstić information content (AvgIpc) is 3.37. The SMILES string of the molecule is CCCn1cnc2c(-n3ccc4ccccc43)nc(-c3ccc(C(F)(F)F)cc3)nc21. The summed E-state index contributed by atoms with van der Waals surface area (Å²) < 4.78 is 42.8. The van der Waals surface area contributed by atoms with Crippen LogP contribution in [0.1, 0.15) is 18.9 Å². The van der Waals surface area contributed by atoms with Crippen molar-refractivity contribution in [2.75, 3.05) is 0 Å². The summed E-state index contributed by atoms with van der Waals surface area (Å²) in [6.07, 6.45) is 0.154. The van der Waals surface area contributed by atoms with Gasteiger partial charge in [-0.05, 0) is 36.1 Å². The first-order valence-corrected chi connectivity index (χ1v) is 9.92. The Morgan fingerprint density at radius 1 is 0.935 bits per heavy atom. The molecule has 3 aromatic heterocycles. The fourth-order valence-corrected chi connectivity index (χ4v) is 3.71. The normalized spacial score (nSPS) is 12.1. The van der Waals surface area contributed by atoms with E-state index in [1.165, 1.54) is 12.1 Å². The van der Waals surface area contributed by atoms with Gasteiger partial charge in [0.1, 0.15) is 0 Å². The van der Waals surface area contributed by atoms with Gasteiger partial charge in [0.2, 0.25) is 0 Å². The monoisotopic (exact) mass is 421 g/mol. The van der Waals surface area contributed by atoms with Crippen molar-refractivity contribution in [3.05, 3.63) is 72.7 Å². The van der Waals surface area contributed by atoms with Gasteiger partial charge in [0.25, 0.3) is 0 Å². The van der Waals surface area contributed by atoms with Crippen molar-refractivity contribution in [2.45, 2.75) is 26.1 Å². The van der Waals surface area contributed by atoms with Crippen molar-refractivity contribution in [3.8, 4) is 17.2 Å². The second kappa shape index (κ2) is 7.23. The molecular weight excluding hydrogens is 403 g/mol. The molecule has 8 heteroatoms. The van der Waals surface area contributed by atoms with Gasteiger partial charge in [-0.15, -0.1) is 0 Å². The molecule has 5 aromatic rings. The number of halogens is 3. The number of aromatic nitrogens is 5. The van der Waals surface area contributed by atoms with Crippen molar-refractivity contribution >= 4 is 22.1 Å². The molecule has 0 bridgehead atoms. The molecule has 5 nitrogen and oxygen atoms in total. The minimum Gasteiger partial charge on any atom is -0.315 e. The summed E-state index contributed by atoms with van der Waals surface area (Å²) in [4.78, 5) is 13.9. The summed E-state index contributed by atoms with van der Waals surface area (Å²) in [5.41, 5.74) is 2.07. The number of hydrogen-bond donors (Lipinski definition) is 0. The number of alkyl halides is 3. The van der Waals surface area contributed by atoms with Crippen molar-refractivity contribution in [3.63, 3.8) is 0 Å². The van der Waals surface area contributed by atoms with Crippen LogP contribution >= 0.6 is 0 Å². The topological polar surface area (TPSA) is 48.5 Å². The van der Waals surface area contributed by atoms with Crippen LogP contribution in [0.2, 0.25) is 0 Å². The van der Waals surface area contributed by atoms with Gasteiger partial charge in [-0.1, -0.05) is 37.3 Å². The average molecular weight is 421 g/mol. The predicted molar refractivity (Wildman–Crippen MR) is 113 cm³/mol. The predicted octanol–water partition coefficient (Wildman–Crippen LogP) is 5.87. The van der Waals surface area contributed by atoms with E-state index in [2.05, 4.69) is 16.9 Å². The standard InChI is InChI=1S/C23H18F3N5/c1-2-12-30-14-27-19-21(30)28-20(16-7-9-17(10-8-16)23(24,25)26)29-22(19)31-13-11-15-5-3-4-6-18(15)31/h3-11,13-14H,2,12H2,1H3. The largest absolute Gasteiger partial charge is 0.416 e. The van der Waals surface area contributed by atoms with Gasteiger partial charge in [-0.3, -0.25) is 4.57 Å². The molecule has 2 aromatic carbocycles. The van der Waals surface area contributed by atoms with Crippen LogP contribution in [-0.4, -0.2) is 24.1 Å². The molecule has 0 unspecified atom stereocenters. The van der Waals surface area contributed by atoms with E-state index in [4.69, 9.17) is 4.98 Å². The first kappa shape index (κ1) is 19.3. The molecule has 156 valence electrons. The maximum atomic E-state index is 13.0. The molecule has 5 rings (SSSR count). The lowest BCUT2D eigenvalue weighted by atomic mass is 10.1. The van der Waals surface area contributed by atoms with E-state index in [-0.39, 0.29) is 0 Å². The molecule has 0 aliphatic heterocycles. The highest BCUT2D eigenvalue weighted by Crippen LogP contribution is 2.31. The van der Waals surface area contributed by atoms with E-state index in [0.29, 0.717) is 28.4 Å². The first-order valence-electron chi connectivity index (χ1n) is 9.92. The molecule has 0 aliphatic carbocycles. The smallest absolute Gasteiger partial charge is 0.315 e. The van der Waals surface area contributed by atoms with E-state index >= 15 is 0 Å². The molecule has 0 N–H and O–H groups in total. The Morgan fingerprint density at radius 3 is 2.45 bits per heavy atom. The van der Waals surface area contributed by atoms with Crippen LogP contribution in [0.3, 0.4) is 0 Å². The van der Waals surface area contributed by atoms with E-state index in [9.17, 15) is 13.2 Å². The minimum absolute atomic E-state index is 0.354. The van der Waals surface area contributed by atoms with Crippen molar-refractivity contribution in [2.24, 2.45) is 0 Å². The zero-order valence-electron chi connectivity index (χ0n) is 16.6. The molecule has 0 spiro atoms. The lowest BCUT2D eigenvalue weighted by Crippen LogP contribution is -2.05. The molecule has 0 aliphatic rings. The molecule has 0 radical (unpaired) electrons. The van der Waals surface area contributed by atoms with E-state index in [1.807, 2.05) is 45.7 Å². The highest BCUT2D eigenvalue weighted by Gasteiger charge is 2.30. The molecule has 31 heavy (non-hydrogen) atoms. The first-order chi connectivity index (χ1) is 15.0. The summed E-state index contributed by atoms with van der Waals surface area (Å²) >= 11 is 0. The van der Waals surface area contributed by atoms with Crippen LogP contribution in [-0.2, 0) is 12.7 Å². The summed E-state index contributed by atoms with van der Waals surface area (Å²) in [6.45, 7) is 2.79. The Hall–Kier alpha value is -3.68. The van der Waals surface area contributed by atoms with Crippen molar-refractivity contribution in [1.82, 2.24) is 24.1 Å². The Labute approximate surface area is 175 Å². The van der Waals surface area contributed by atoms with Gasteiger partial charge in [0.15, 0.2) is 22.8 Å². The lowest BCUT2D eigenvalue weighted by molar-refractivity contribution is -0.137. The third kappa shape index (κ3) is 3.34. The number of fused-ring (bicyclic) bond motifs is 2. The summed E-state index contributed by atoms with van der Waals surface area (Å²) in [6, 6.07) is 14.8. The number of aryl methyl sites for hydroxylation is 1. The quantitative estimate of drug-likeness (QED) is 0.365. The number of hydrogen-bond acceptors (Lipinski definition) is 3. The van der Waals surface area contributed by atoms with Crippen molar-refractivity contribution in [1.29, 1.82) is 0 Å². The molecule has 0 amide bonds. The number of benzene rings is 2. The van der Waals surface area contributed by atoms with Gasteiger partial charge >= 0.3 is 6.18 Å². The van der Waals surface area contributed by atoms with Crippen LogP contribution in [0.5, 0.6) is 0 Å². The van der Waals surface area contributed by atoms with Crippen LogP contribution in [0, 0.1) is 0 Å². The summed E-state index contributed by atoms with van der Waals surface area (Å²) in [7, 11) is 0. The van der Waals surface area contributed by atoms with Gasteiger partial charge in [0.05, 0.1) is 17.4 Å². The maximum Gasteiger partial charge on any atom is 0.416 e. The highest BCUT2D eigenvalue weighted by atomic mass is 19.4. The second-order valence-corrected chi connectivity index (χ2v) is 7.30. The lowest BCUT2D eigenvalue weighted by Gasteiger charge is -2.11. The molecule has 0 saturated carbocycles. The second-order valence-electron chi connectivity index (χ2n) is 7.30. The Kier molecular flexibility index (Phi) is 4.50. The zero-order chi connectivity index (χ0) is 21.6. The number of para-hydroxylation sites is 1. The minimum atomic E-state index is -4.39. The Bertz CT molecular complexity index is 1380. The fourth-order valence-electron chi connectivity index (χ4n) is 3.71. The molecule has 0 fully saturated rings. The number of imidazole rings is 1. The number of rotatable bonds is 4. The third-order valence-corrected chi connectivity index (χ3v) is 5.21. The van der Waals surface area contributed by atoms with Crippen LogP contribution in [0.15, 0.2) is 67.1 Å².